The van der Waals surface area contributed by atoms with Crippen LogP contribution in [-0.4, -0.2) is 15.0 Å². The minimum absolute atomic E-state index is 0.0848. The summed E-state index contributed by atoms with van der Waals surface area (Å²) in [5.74, 6) is 0.0848. The molecule has 1 aromatic carbocycles. The van der Waals surface area contributed by atoms with E-state index in [0.29, 0.717) is 10.0 Å². The summed E-state index contributed by atoms with van der Waals surface area (Å²) >= 11 is 4.59. The molecule has 1 unspecified atom stereocenters. The van der Waals surface area contributed by atoms with Gasteiger partial charge in [0.05, 0.1) is 21.4 Å². The molecule has 0 aliphatic heterocycles. The van der Waals surface area contributed by atoms with Crippen LogP contribution in [0.2, 0.25) is 0 Å². The standard InChI is InChI=1S/C12H11BrN2O4S/c1-7(16)10-2-8(13)3-11(15(17)18)12(10)19-5-9-4-14-6-20-9/h2-4,6-7,16H,5H2,1H3. The molecule has 6 nitrogen and oxygen atoms in total. The summed E-state index contributed by atoms with van der Waals surface area (Å²) in [7, 11) is 0. The Labute approximate surface area is 127 Å². The highest BCUT2D eigenvalue weighted by atomic mass is 79.9. The lowest BCUT2D eigenvalue weighted by molar-refractivity contribution is -0.386. The molecule has 2 aromatic rings. The number of nitrogens with zero attached hydrogens (tertiary/aromatic N) is 2. The van der Waals surface area contributed by atoms with E-state index < -0.39 is 11.0 Å². The number of rotatable bonds is 5. The Bertz CT molecular complexity index is 616. The van der Waals surface area contributed by atoms with Crippen molar-refractivity contribution in [1.82, 2.24) is 4.98 Å². The predicted octanol–water partition coefficient (Wildman–Crippen LogP) is 3.45. The zero-order valence-electron chi connectivity index (χ0n) is 10.4. The molecule has 0 radical (unpaired) electrons. The van der Waals surface area contributed by atoms with E-state index in [1.165, 1.54) is 24.3 Å². The highest BCUT2D eigenvalue weighted by Gasteiger charge is 2.23. The van der Waals surface area contributed by atoms with Gasteiger partial charge in [-0.3, -0.25) is 15.1 Å². The third-order valence-electron chi connectivity index (χ3n) is 2.55. The minimum Gasteiger partial charge on any atom is -0.481 e. The number of aliphatic hydroxyl groups excluding tert-OH is 1. The van der Waals surface area contributed by atoms with Gasteiger partial charge in [-0.2, -0.15) is 0 Å². The van der Waals surface area contributed by atoms with E-state index in [-0.39, 0.29) is 18.0 Å². The Hall–Kier alpha value is -1.51. The summed E-state index contributed by atoms with van der Waals surface area (Å²) in [4.78, 5) is 15.4. The molecule has 2 rings (SSSR count). The van der Waals surface area contributed by atoms with Gasteiger partial charge in [0.15, 0.2) is 0 Å². The van der Waals surface area contributed by atoms with Crippen LogP contribution in [0, 0.1) is 10.1 Å². The van der Waals surface area contributed by atoms with Gasteiger partial charge in [0, 0.05) is 22.3 Å². The summed E-state index contributed by atoms with van der Waals surface area (Å²) in [6.07, 6.45) is 0.764. The fourth-order valence-corrected chi connectivity index (χ4v) is 2.63. The summed E-state index contributed by atoms with van der Waals surface area (Å²) in [5.41, 5.74) is 1.85. The van der Waals surface area contributed by atoms with E-state index >= 15 is 0 Å². The molecule has 0 fully saturated rings. The van der Waals surface area contributed by atoms with Gasteiger partial charge in [-0.25, -0.2) is 0 Å². The van der Waals surface area contributed by atoms with Gasteiger partial charge < -0.3 is 9.84 Å². The number of halogens is 1. The number of nitro benzene ring substituents is 1. The van der Waals surface area contributed by atoms with Crippen molar-refractivity contribution in [2.45, 2.75) is 19.6 Å². The van der Waals surface area contributed by atoms with Crippen molar-refractivity contribution in [3.8, 4) is 5.75 Å². The Kier molecular flexibility index (Phi) is 4.69. The van der Waals surface area contributed by atoms with Crippen LogP contribution >= 0.6 is 27.3 Å². The number of thiazole rings is 1. The molecular formula is C12H11BrN2O4S. The van der Waals surface area contributed by atoms with Crippen LogP contribution in [-0.2, 0) is 6.61 Å². The Morgan fingerprint density at radius 2 is 2.35 bits per heavy atom. The van der Waals surface area contributed by atoms with Crippen molar-refractivity contribution in [2.24, 2.45) is 0 Å². The van der Waals surface area contributed by atoms with Crippen LogP contribution < -0.4 is 4.74 Å². The van der Waals surface area contributed by atoms with Gasteiger partial charge in [-0.05, 0) is 13.0 Å². The average molecular weight is 359 g/mol. The molecule has 20 heavy (non-hydrogen) atoms. The van der Waals surface area contributed by atoms with Crippen LogP contribution in [0.15, 0.2) is 28.3 Å². The van der Waals surface area contributed by atoms with Crippen molar-refractivity contribution in [1.29, 1.82) is 0 Å². The highest BCUT2D eigenvalue weighted by molar-refractivity contribution is 9.10. The molecule has 1 aromatic heterocycles. The van der Waals surface area contributed by atoms with E-state index in [9.17, 15) is 15.2 Å². The van der Waals surface area contributed by atoms with E-state index in [1.54, 1.807) is 17.8 Å². The molecule has 0 amide bonds. The molecule has 0 saturated carbocycles. The lowest BCUT2D eigenvalue weighted by Gasteiger charge is -2.13. The highest BCUT2D eigenvalue weighted by Crippen LogP contribution is 2.38. The topological polar surface area (TPSA) is 85.5 Å². The second-order valence-electron chi connectivity index (χ2n) is 4.03. The number of aromatic nitrogens is 1. The Morgan fingerprint density at radius 3 is 2.90 bits per heavy atom. The molecular weight excluding hydrogens is 348 g/mol. The van der Waals surface area contributed by atoms with Gasteiger partial charge in [0.1, 0.15) is 6.61 Å². The summed E-state index contributed by atoms with van der Waals surface area (Å²) in [5, 5.41) is 20.9. The van der Waals surface area contributed by atoms with Gasteiger partial charge in [-0.15, -0.1) is 11.3 Å². The van der Waals surface area contributed by atoms with Crippen LogP contribution in [0.1, 0.15) is 23.5 Å². The lowest BCUT2D eigenvalue weighted by atomic mass is 10.1. The van der Waals surface area contributed by atoms with Crippen LogP contribution in [0.3, 0.4) is 0 Å². The van der Waals surface area contributed by atoms with Gasteiger partial charge in [-0.1, -0.05) is 15.9 Å². The number of nitro groups is 1. The Balaban J connectivity index is 2.39. The van der Waals surface area contributed by atoms with Crippen molar-refractivity contribution in [3.05, 3.63) is 48.9 Å². The van der Waals surface area contributed by atoms with E-state index in [0.717, 1.165) is 4.88 Å². The first kappa shape index (κ1) is 14.9. The first-order chi connectivity index (χ1) is 9.49. The molecule has 106 valence electrons. The van der Waals surface area contributed by atoms with Crippen LogP contribution in [0.25, 0.3) is 0 Å². The second kappa shape index (κ2) is 6.29. The van der Waals surface area contributed by atoms with Crippen LogP contribution in [0.5, 0.6) is 5.75 Å². The third kappa shape index (κ3) is 3.33. The van der Waals surface area contributed by atoms with Crippen molar-refractivity contribution in [3.63, 3.8) is 0 Å². The fourth-order valence-electron chi connectivity index (χ4n) is 1.66. The average Bonchev–Trinajstić information content (AvgIpc) is 2.89. The molecule has 8 heteroatoms. The largest absolute Gasteiger partial charge is 0.481 e. The molecule has 0 aliphatic carbocycles. The van der Waals surface area contributed by atoms with Crippen molar-refractivity contribution >= 4 is 33.0 Å². The van der Waals surface area contributed by atoms with E-state index in [4.69, 9.17) is 4.74 Å². The minimum atomic E-state index is -0.873. The molecule has 0 spiro atoms. The van der Waals surface area contributed by atoms with E-state index in [1.807, 2.05) is 0 Å². The van der Waals surface area contributed by atoms with Gasteiger partial charge in [0.2, 0.25) is 5.75 Å². The number of aliphatic hydroxyl groups is 1. The van der Waals surface area contributed by atoms with Crippen molar-refractivity contribution in [2.75, 3.05) is 0 Å². The third-order valence-corrected chi connectivity index (χ3v) is 3.76. The predicted molar refractivity (Wildman–Crippen MR) is 77.9 cm³/mol. The maximum Gasteiger partial charge on any atom is 0.312 e. The lowest BCUT2D eigenvalue weighted by Crippen LogP contribution is -2.04. The summed E-state index contributed by atoms with van der Waals surface area (Å²) in [6.45, 7) is 1.71. The summed E-state index contributed by atoms with van der Waals surface area (Å²) < 4.78 is 6.06. The zero-order chi connectivity index (χ0) is 14.7. The van der Waals surface area contributed by atoms with Gasteiger partial charge >= 0.3 is 5.69 Å². The molecule has 1 heterocycles. The molecule has 0 aliphatic rings. The zero-order valence-corrected chi connectivity index (χ0v) is 12.8. The fraction of sp³-hybridized carbons (Fsp3) is 0.250. The number of benzene rings is 1. The maximum absolute atomic E-state index is 11.1. The first-order valence-corrected chi connectivity index (χ1v) is 7.32. The number of hydrogen-bond acceptors (Lipinski definition) is 6. The molecule has 0 bridgehead atoms. The SMILES string of the molecule is CC(O)c1cc(Br)cc([N+](=O)[O-])c1OCc1cncs1. The number of hydrogen-bond donors (Lipinski definition) is 1. The molecule has 1 atom stereocenters. The van der Waals surface area contributed by atoms with E-state index in [2.05, 4.69) is 20.9 Å². The quantitative estimate of drug-likeness (QED) is 0.653. The smallest absolute Gasteiger partial charge is 0.312 e. The molecule has 1 N–H and O–H groups in total. The van der Waals surface area contributed by atoms with Crippen LogP contribution in [0.4, 0.5) is 5.69 Å². The first-order valence-electron chi connectivity index (χ1n) is 5.65. The monoisotopic (exact) mass is 358 g/mol. The maximum atomic E-state index is 11.1. The number of ether oxygens (including phenoxy) is 1. The Morgan fingerprint density at radius 1 is 1.60 bits per heavy atom. The normalized spacial score (nSPS) is 12.2. The molecule has 0 saturated heterocycles. The second-order valence-corrected chi connectivity index (χ2v) is 5.92. The van der Waals surface area contributed by atoms with Gasteiger partial charge in [0.25, 0.3) is 0 Å². The van der Waals surface area contributed by atoms with Crippen molar-refractivity contribution < 1.29 is 14.8 Å². The summed E-state index contributed by atoms with van der Waals surface area (Å²) in [6, 6.07) is 2.97.